The highest BCUT2D eigenvalue weighted by Gasteiger charge is 2.21. The molecule has 0 spiro atoms. The molecule has 42 heavy (non-hydrogen) atoms. The molecule has 11 nitrogen and oxygen atoms in total. The number of hydrogen-bond acceptors (Lipinski definition) is 8. The van der Waals surface area contributed by atoms with Gasteiger partial charge >= 0.3 is 10.2 Å². The van der Waals surface area contributed by atoms with Crippen LogP contribution in [-0.4, -0.2) is 41.4 Å². The normalized spacial score (nSPS) is 12.2. The monoisotopic (exact) mass is 580 g/mol. The molecule has 5 aromatic rings. The van der Waals surface area contributed by atoms with Crippen molar-refractivity contribution in [2.75, 3.05) is 29.9 Å². The number of pyridine rings is 1. The summed E-state index contributed by atoms with van der Waals surface area (Å²) in [4.78, 5) is 22.5. The van der Waals surface area contributed by atoms with E-state index in [0.29, 0.717) is 39.0 Å². The van der Waals surface area contributed by atoms with Gasteiger partial charge in [0.05, 0.1) is 23.3 Å². The van der Waals surface area contributed by atoms with Crippen LogP contribution in [-0.2, 0) is 10.2 Å². The lowest BCUT2D eigenvalue weighted by Crippen LogP contribution is -2.28. The molecule has 4 N–H and O–H groups in total. The standard InChI is InChI=1S/C30H28N8O3S/c1-19(34-28-22(17-31)18-33-30(32)35-28)26-16-21-10-8-14-25(27(21)29(39)38(26)24-12-5-4-6-13-24)20-9-7-11-23(15-20)36-42(40,41)37(2)3/h4-16,18-19,36H,1-3H3,(H3,32,33,34,35)/t19-/m0/s1. The molecule has 2 heterocycles. The lowest BCUT2D eigenvalue weighted by Gasteiger charge is -2.22. The van der Waals surface area contributed by atoms with Crippen molar-refractivity contribution < 1.29 is 8.42 Å². The van der Waals surface area contributed by atoms with Crippen molar-refractivity contribution in [2.24, 2.45) is 0 Å². The summed E-state index contributed by atoms with van der Waals surface area (Å²) in [6.07, 6.45) is 1.35. The Morgan fingerprint density at radius 2 is 1.76 bits per heavy atom. The van der Waals surface area contributed by atoms with Gasteiger partial charge in [-0.15, -0.1) is 0 Å². The van der Waals surface area contributed by atoms with Crippen LogP contribution >= 0.6 is 0 Å². The molecule has 0 fully saturated rings. The number of rotatable bonds is 8. The highest BCUT2D eigenvalue weighted by molar-refractivity contribution is 7.90. The zero-order valence-corrected chi connectivity index (χ0v) is 23.9. The van der Waals surface area contributed by atoms with Gasteiger partial charge in [0, 0.05) is 25.5 Å². The number of nitrogens with two attached hydrogens (primary N) is 1. The Morgan fingerprint density at radius 3 is 2.48 bits per heavy atom. The molecule has 0 amide bonds. The second-order valence-corrected chi connectivity index (χ2v) is 11.6. The summed E-state index contributed by atoms with van der Waals surface area (Å²) >= 11 is 0. The van der Waals surface area contributed by atoms with E-state index in [1.54, 1.807) is 22.8 Å². The molecule has 0 saturated carbocycles. The van der Waals surface area contributed by atoms with Gasteiger partial charge in [-0.25, -0.2) is 4.98 Å². The Labute approximate surface area is 243 Å². The van der Waals surface area contributed by atoms with Crippen molar-refractivity contribution in [3.63, 3.8) is 0 Å². The molecule has 2 aromatic heterocycles. The van der Waals surface area contributed by atoms with Crippen LogP contribution in [0.25, 0.3) is 27.6 Å². The number of anilines is 3. The molecule has 0 bridgehead atoms. The molecule has 0 aliphatic carbocycles. The van der Waals surface area contributed by atoms with Crippen LogP contribution in [0.3, 0.4) is 0 Å². The van der Waals surface area contributed by atoms with E-state index in [1.165, 1.54) is 20.3 Å². The molecule has 0 aliphatic heterocycles. The molecule has 1 atom stereocenters. The van der Waals surface area contributed by atoms with Crippen LogP contribution in [0.4, 0.5) is 17.5 Å². The number of aromatic nitrogens is 3. The molecule has 3 aromatic carbocycles. The van der Waals surface area contributed by atoms with E-state index in [1.807, 2.05) is 67.6 Å². The van der Waals surface area contributed by atoms with Crippen LogP contribution in [0, 0.1) is 11.3 Å². The zero-order chi connectivity index (χ0) is 30.0. The van der Waals surface area contributed by atoms with E-state index in [4.69, 9.17) is 5.73 Å². The Bertz CT molecular complexity index is 2000. The predicted octanol–water partition coefficient (Wildman–Crippen LogP) is 4.29. The molecule has 0 aliphatic rings. The van der Waals surface area contributed by atoms with Gasteiger partial charge in [-0.3, -0.25) is 14.1 Å². The van der Waals surface area contributed by atoms with Gasteiger partial charge in [0.25, 0.3) is 5.56 Å². The number of fused-ring (bicyclic) bond motifs is 1. The van der Waals surface area contributed by atoms with Crippen LogP contribution in [0.5, 0.6) is 0 Å². The molecule has 0 unspecified atom stereocenters. The third-order valence-electron chi connectivity index (χ3n) is 6.72. The van der Waals surface area contributed by atoms with Gasteiger partial charge in [-0.05, 0) is 53.8 Å². The lowest BCUT2D eigenvalue weighted by atomic mass is 9.97. The van der Waals surface area contributed by atoms with Crippen molar-refractivity contribution in [1.82, 2.24) is 18.8 Å². The lowest BCUT2D eigenvalue weighted by molar-refractivity contribution is 0.527. The molecule has 212 valence electrons. The topological polar surface area (TPSA) is 159 Å². The van der Waals surface area contributed by atoms with Gasteiger partial charge in [0.15, 0.2) is 0 Å². The maximum atomic E-state index is 14.4. The molecule has 0 saturated heterocycles. The highest BCUT2D eigenvalue weighted by Crippen LogP contribution is 2.31. The molecule has 5 rings (SSSR count). The summed E-state index contributed by atoms with van der Waals surface area (Å²) in [7, 11) is -0.836. The highest BCUT2D eigenvalue weighted by atomic mass is 32.2. The van der Waals surface area contributed by atoms with Gasteiger partial charge in [-0.1, -0.05) is 48.5 Å². The van der Waals surface area contributed by atoms with Gasteiger partial charge in [-0.2, -0.15) is 23.0 Å². The second-order valence-electron chi connectivity index (χ2n) is 9.75. The maximum Gasteiger partial charge on any atom is 0.301 e. The smallest absolute Gasteiger partial charge is 0.301 e. The Hall–Kier alpha value is -5.25. The number of nitrogen functional groups attached to an aromatic ring is 1. The average molecular weight is 581 g/mol. The SMILES string of the molecule is C[C@H](Nc1nc(N)ncc1C#N)c1cc2cccc(-c3cccc(NS(=O)(=O)N(C)C)c3)c2c(=O)n1-c1ccccc1. The predicted molar refractivity (Wildman–Crippen MR) is 164 cm³/mol. The van der Waals surface area contributed by atoms with E-state index in [-0.39, 0.29) is 22.9 Å². The van der Waals surface area contributed by atoms with Crippen molar-refractivity contribution in [2.45, 2.75) is 13.0 Å². The van der Waals surface area contributed by atoms with E-state index in [2.05, 4.69) is 26.1 Å². The van der Waals surface area contributed by atoms with E-state index >= 15 is 0 Å². The van der Waals surface area contributed by atoms with E-state index in [0.717, 1.165) is 4.31 Å². The first-order valence-electron chi connectivity index (χ1n) is 12.9. The van der Waals surface area contributed by atoms with Gasteiger partial charge in [0.2, 0.25) is 5.95 Å². The van der Waals surface area contributed by atoms with Crippen LogP contribution < -0.4 is 21.3 Å². The fourth-order valence-electron chi connectivity index (χ4n) is 4.64. The largest absolute Gasteiger partial charge is 0.368 e. The molecule has 12 heteroatoms. The first-order valence-corrected chi connectivity index (χ1v) is 14.4. The zero-order valence-electron chi connectivity index (χ0n) is 23.1. The van der Waals surface area contributed by atoms with E-state index < -0.39 is 16.3 Å². The number of hydrogen-bond donors (Lipinski definition) is 3. The Kier molecular flexibility index (Phi) is 7.62. The third kappa shape index (κ3) is 5.51. The number of nitriles is 1. The quantitative estimate of drug-likeness (QED) is 0.245. The van der Waals surface area contributed by atoms with Crippen molar-refractivity contribution in [3.8, 4) is 22.9 Å². The Morgan fingerprint density at radius 1 is 1.02 bits per heavy atom. The average Bonchev–Trinajstić information content (AvgIpc) is 2.97. The molecular weight excluding hydrogens is 552 g/mol. The van der Waals surface area contributed by atoms with Crippen LogP contribution in [0.15, 0.2) is 89.9 Å². The summed E-state index contributed by atoms with van der Waals surface area (Å²) in [5.74, 6) is 0.276. The first-order chi connectivity index (χ1) is 20.1. The van der Waals surface area contributed by atoms with Crippen molar-refractivity contribution >= 4 is 38.4 Å². The fraction of sp³-hybridized carbons (Fsp3) is 0.133. The fourth-order valence-corrected chi connectivity index (χ4v) is 5.25. The minimum absolute atomic E-state index is 0.0161. The molecular formula is C30H28N8O3S. The first kappa shape index (κ1) is 28.3. The maximum absolute atomic E-state index is 14.4. The molecule has 0 radical (unpaired) electrons. The number of para-hydroxylation sites is 1. The van der Waals surface area contributed by atoms with Gasteiger partial charge in [0.1, 0.15) is 17.5 Å². The summed E-state index contributed by atoms with van der Waals surface area (Å²) in [5, 5.41) is 13.9. The van der Waals surface area contributed by atoms with Crippen LogP contribution in [0.2, 0.25) is 0 Å². The number of nitrogens with zero attached hydrogens (tertiary/aromatic N) is 5. The van der Waals surface area contributed by atoms with Crippen molar-refractivity contribution in [3.05, 3.63) is 107 Å². The number of nitrogens with one attached hydrogen (secondary N) is 2. The summed E-state index contributed by atoms with van der Waals surface area (Å²) < 4.78 is 30.1. The summed E-state index contributed by atoms with van der Waals surface area (Å²) in [6.45, 7) is 1.86. The second kappa shape index (κ2) is 11.3. The summed E-state index contributed by atoms with van der Waals surface area (Å²) in [6, 6.07) is 25.2. The minimum atomic E-state index is -3.72. The number of benzene rings is 3. The third-order valence-corrected chi connectivity index (χ3v) is 8.17. The summed E-state index contributed by atoms with van der Waals surface area (Å²) in [5.41, 5.74) is 8.71. The Balaban J connectivity index is 1.70. The van der Waals surface area contributed by atoms with Crippen molar-refractivity contribution in [1.29, 1.82) is 5.26 Å². The minimum Gasteiger partial charge on any atom is -0.368 e. The van der Waals surface area contributed by atoms with E-state index in [9.17, 15) is 18.5 Å². The van der Waals surface area contributed by atoms with Gasteiger partial charge < -0.3 is 11.1 Å². The van der Waals surface area contributed by atoms with Crippen LogP contribution in [0.1, 0.15) is 24.2 Å².